The normalized spacial score (nSPS) is 12.2. The number of carboxylic acids is 1. The second-order valence-electron chi connectivity index (χ2n) is 10.1. The molecule has 1 saturated carbocycles. The molecule has 0 spiro atoms. The number of halogens is 1. The lowest BCUT2D eigenvalue weighted by Crippen LogP contribution is -2.12. The average Bonchev–Trinajstić information content (AvgIpc) is 3.77. The summed E-state index contributed by atoms with van der Waals surface area (Å²) in [5, 5.41) is 8.90. The van der Waals surface area contributed by atoms with Crippen LogP contribution in [0.25, 0.3) is 11.1 Å². The van der Waals surface area contributed by atoms with Crippen molar-refractivity contribution < 1.29 is 23.8 Å². The van der Waals surface area contributed by atoms with Gasteiger partial charge in [0.2, 0.25) is 0 Å². The van der Waals surface area contributed by atoms with Gasteiger partial charge in [-0.3, -0.25) is 4.79 Å². The largest absolute Gasteiger partial charge is 0.497 e. The highest BCUT2D eigenvalue weighted by molar-refractivity contribution is 5.70. The monoisotopic (exact) mass is 504 g/mol. The van der Waals surface area contributed by atoms with E-state index in [9.17, 15) is 9.18 Å². The van der Waals surface area contributed by atoms with Crippen LogP contribution in [0, 0.1) is 11.2 Å². The molecule has 4 nitrogen and oxygen atoms in total. The smallest absolute Gasteiger partial charge is 0.303 e. The number of aliphatic carboxylic acids is 1. The lowest BCUT2D eigenvalue weighted by molar-refractivity contribution is -0.136. The lowest BCUT2D eigenvalue weighted by Gasteiger charge is -2.23. The molecule has 5 heteroatoms. The van der Waals surface area contributed by atoms with Crippen LogP contribution in [0.15, 0.2) is 73.3 Å². The minimum Gasteiger partial charge on any atom is -0.497 e. The number of hydrogen-bond donors (Lipinski definition) is 1. The summed E-state index contributed by atoms with van der Waals surface area (Å²) in [5.41, 5.74) is 3.99. The van der Waals surface area contributed by atoms with Gasteiger partial charge in [-0.05, 0) is 70.8 Å². The maximum atomic E-state index is 14.8. The maximum Gasteiger partial charge on any atom is 0.303 e. The van der Waals surface area contributed by atoms with E-state index >= 15 is 0 Å². The first-order valence-electron chi connectivity index (χ1n) is 12.7. The van der Waals surface area contributed by atoms with Crippen LogP contribution in [0.2, 0.25) is 0 Å². The van der Waals surface area contributed by atoms with Crippen LogP contribution in [-0.4, -0.2) is 18.2 Å². The summed E-state index contributed by atoms with van der Waals surface area (Å²) in [4.78, 5) is 10.8. The fraction of sp³-hybridized carbons (Fsp3) is 0.344. The number of carbonyl (C=O) groups is 1. The third kappa shape index (κ3) is 9.09. The van der Waals surface area contributed by atoms with Crippen molar-refractivity contribution >= 4 is 5.97 Å². The molecule has 1 N–H and O–H groups in total. The molecule has 3 aromatic carbocycles. The number of methoxy groups -OCH3 is 1. The zero-order valence-electron chi connectivity index (χ0n) is 22.1. The first-order chi connectivity index (χ1) is 17.7. The predicted molar refractivity (Wildman–Crippen MR) is 147 cm³/mol. The Morgan fingerprint density at radius 1 is 1.00 bits per heavy atom. The van der Waals surface area contributed by atoms with Gasteiger partial charge in [-0.1, -0.05) is 69.5 Å². The van der Waals surface area contributed by atoms with Gasteiger partial charge in [0.15, 0.2) is 0 Å². The summed E-state index contributed by atoms with van der Waals surface area (Å²) < 4.78 is 26.1. The molecular weight excluding hydrogens is 467 g/mol. The van der Waals surface area contributed by atoms with Gasteiger partial charge < -0.3 is 14.6 Å². The van der Waals surface area contributed by atoms with Crippen molar-refractivity contribution in [2.75, 3.05) is 7.11 Å². The topological polar surface area (TPSA) is 55.8 Å². The van der Waals surface area contributed by atoms with Gasteiger partial charge in [-0.15, -0.1) is 6.58 Å². The number of carboxylic acid groups (broad SMARTS) is 1. The standard InChI is InChI=1S/C29H31FO4.C3H6/c1-5-29(2,3)18-22-15-21(9-12-25(22)26-17-23(33-4)11-13-27(26)30)19-34-24-8-6-7-20(16-24)10-14-28(31)32;1-2-3-1/h5-9,11-13,15-17H,1,10,14,18-19H2,2-4H3,(H,31,32);1-3H2. The first-order valence-corrected chi connectivity index (χ1v) is 12.7. The Hall–Kier alpha value is -3.60. The average molecular weight is 505 g/mol. The number of benzene rings is 3. The highest BCUT2D eigenvalue weighted by Crippen LogP contribution is 2.34. The minimum absolute atomic E-state index is 0.0776. The van der Waals surface area contributed by atoms with Crippen LogP contribution in [-0.2, 0) is 24.2 Å². The molecule has 1 aliphatic rings. The van der Waals surface area contributed by atoms with Crippen LogP contribution in [0.4, 0.5) is 4.39 Å². The SMILES string of the molecule is C1CC1.C=CC(C)(C)Cc1cc(COc2cccc(CCC(=O)O)c2)ccc1-c1cc(OC)ccc1F. The Balaban J connectivity index is 0.00000118. The van der Waals surface area contributed by atoms with Crippen molar-refractivity contribution in [2.45, 2.75) is 59.0 Å². The molecule has 4 rings (SSSR count). The van der Waals surface area contributed by atoms with E-state index in [0.29, 0.717) is 36.5 Å². The number of hydrogen-bond acceptors (Lipinski definition) is 3. The van der Waals surface area contributed by atoms with Crippen molar-refractivity contribution in [3.63, 3.8) is 0 Å². The Morgan fingerprint density at radius 2 is 1.76 bits per heavy atom. The molecule has 1 fully saturated rings. The van der Waals surface area contributed by atoms with Crippen molar-refractivity contribution in [3.05, 3.63) is 95.8 Å². The van der Waals surface area contributed by atoms with Crippen molar-refractivity contribution in [1.29, 1.82) is 0 Å². The third-order valence-electron chi connectivity index (χ3n) is 6.12. The number of aryl methyl sites for hydroxylation is 1. The van der Waals surface area contributed by atoms with E-state index in [2.05, 4.69) is 20.4 Å². The Kier molecular flexibility index (Phi) is 9.90. The fourth-order valence-electron chi connectivity index (χ4n) is 3.76. The highest BCUT2D eigenvalue weighted by atomic mass is 19.1. The Morgan fingerprint density at radius 3 is 2.41 bits per heavy atom. The minimum atomic E-state index is -0.825. The number of allylic oxidation sites excluding steroid dienone is 1. The van der Waals surface area contributed by atoms with Crippen molar-refractivity contribution in [2.24, 2.45) is 5.41 Å². The molecule has 3 aromatic rings. The molecule has 196 valence electrons. The number of ether oxygens (including phenoxy) is 2. The molecule has 0 atom stereocenters. The molecule has 0 saturated heterocycles. The van der Waals surface area contributed by atoms with E-state index in [1.807, 2.05) is 48.5 Å². The summed E-state index contributed by atoms with van der Waals surface area (Å²) in [5.74, 6) is 0.147. The molecule has 0 unspecified atom stereocenters. The van der Waals surface area contributed by atoms with E-state index in [1.165, 1.54) is 25.3 Å². The molecule has 0 aliphatic heterocycles. The van der Waals surface area contributed by atoms with Crippen molar-refractivity contribution in [1.82, 2.24) is 0 Å². The molecule has 1 aliphatic carbocycles. The first kappa shape index (κ1) is 28.0. The molecular formula is C32H37FO4. The van der Waals surface area contributed by atoms with Crippen LogP contribution >= 0.6 is 0 Å². The predicted octanol–water partition coefficient (Wildman–Crippen LogP) is 8.02. The summed E-state index contributed by atoms with van der Waals surface area (Å²) >= 11 is 0. The molecule has 0 radical (unpaired) electrons. The van der Waals surface area contributed by atoms with Gasteiger partial charge in [-0.2, -0.15) is 0 Å². The van der Waals surface area contributed by atoms with E-state index in [1.54, 1.807) is 19.2 Å². The summed E-state index contributed by atoms with van der Waals surface area (Å²) in [7, 11) is 1.57. The van der Waals surface area contributed by atoms with Gasteiger partial charge in [0.1, 0.15) is 23.9 Å². The van der Waals surface area contributed by atoms with E-state index in [0.717, 1.165) is 22.3 Å². The quantitative estimate of drug-likeness (QED) is 0.269. The van der Waals surface area contributed by atoms with Crippen LogP contribution in [0.3, 0.4) is 0 Å². The van der Waals surface area contributed by atoms with Crippen LogP contribution in [0.1, 0.15) is 56.2 Å². The highest BCUT2D eigenvalue weighted by Gasteiger charge is 2.19. The molecule has 0 bridgehead atoms. The van der Waals surface area contributed by atoms with E-state index in [-0.39, 0.29) is 17.7 Å². The maximum absolute atomic E-state index is 14.8. The van der Waals surface area contributed by atoms with Gasteiger partial charge in [0.05, 0.1) is 7.11 Å². The molecule has 0 aromatic heterocycles. The molecule has 37 heavy (non-hydrogen) atoms. The fourth-order valence-corrected chi connectivity index (χ4v) is 3.76. The summed E-state index contributed by atoms with van der Waals surface area (Å²) in [6.07, 6.45) is 7.62. The zero-order chi connectivity index (χ0) is 26.8. The van der Waals surface area contributed by atoms with Crippen molar-refractivity contribution in [3.8, 4) is 22.6 Å². The van der Waals surface area contributed by atoms with Gasteiger partial charge in [0.25, 0.3) is 0 Å². The Bertz CT molecular complexity index is 1210. The summed E-state index contributed by atoms with van der Waals surface area (Å²) in [6, 6.07) is 18.1. The zero-order valence-corrected chi connectivity index (χ0v) is 22.1. The third-order valence-corrected chi connectivity index (χ3v) is 6.12. The van der Waals surface area contributed by atoms with Gasteiger partial charge in [-0.25, -0.2) is 4.39 Å². The number of rotatable bonds is 11. The van der Waals surface area contributed by atoms with Crippen LogP contribution < -0.4 is 9.47 Å². The van der Waals surface area contributed by atoms with Crippen LogP contribution in [0.5, 0.6) is 11.5 Å². The van der Waals surface area contributed by atoms with E-state index < -0.39 is 5.97 Å². The van der Waals surface area contributed by atoms with E-state index in [4.69, 9.17) is 14.6 Å². The Labute approximate surface area is 219 Å². The second kappa shape index (κ2) is 13.1. The van der Waals surface area contributed by atoms with Gasteiger partial charge in [0, 0.05) is 12.0 Å². The molecule has 0 amide bonds. The summed E-state index contributed by atoms with van der Waals surface area (Å²) in [6.45, 7) is 8.48. The second-order valence-corrected chi connectivity index (χ2v) is 10.1. The lowest BCUT2D eigenvalue weighted by atomic mass is 9.82. The molecule has 0 heterocycles. The van der Waals surface area contributed by atoms with Gasteiger partial charge >= 0.3 is 5.97 Å².